The van der Waals surface area contributed by atoms with Crippen LogP contribution in [0.15, 0.2) is 29.2 Å². The van der Waals surface area contributed by atoms with Gasteiger partial charge in [-0.2, -0.15) is 0 Å². The van der Waals surface area contributed by atoms with Crippen LogP contribution in [0.3, 0.4) is 0 Å². The van der Waals surface area contributed by atoms with Crippen LogP contribution in [-0.2, 0) is 6.54 Å². The molecule has 0 saturated carbocycles. The molecule has 1 saturated heterocycles. The molecule has 0 aliphatic carbocycles. The van der Waals surface area contributed by atoms with Gasteiger partial charge in [-0.1, -0.05) is 0 Å². The molecule has 0 spiro atoms. The van der Waals surface area contributed by atoms with Crippen molar-refractivity contribution in [2.45, 2.75) is 18.8 Å². The molecule has 106 valence electrons. The number of aliphatic hydroxyl groups is 1. The second-order valence-electron chi connectivity index (χ2n) is 4.95. The second kappa shape index (κ2) is 4.84. The Kier molecular flexibility index (Phi) is 3.15. The highest BCUT2D eigenvalue weighted by Gasteiger charge is 2.31. The summed E-state index contributed by atoms with van der Waals surface area (Å²) in [6.07, 6.45) is -0.749. The lowest BCUT2D eigenvalue weighted by Gasteiger charge is -2.14. The van der Waals surface area contributed by atoms with E-state index in [1.54, 1.807) is 11.0 Å². The number of nitrogens with zero attached hydrogens (tertiary/aromatic N) is 3. The first kappa shape index (κ1) is 13.0. The number of alkyl halides is 1. The maximum atomic E-state index is 13.2. The van der Waals surface area contributed by atoms with Gasteiger partial charge >= 0.3 is 0 Å². The largest absolute Gasteiger partial charge is 0.504 e. The van der Waals surface area contributed by atoms with E-state index in [1.807, 2.05) is 0 Å². The van der Waals surface area contributed by atoms with Gasteiger partial charge in [0.05, 0.1) is 11.8 Å². The maximum absolute atomic E-state index is 13.2. The van der Waals surface area contributed by atoms with Crippen molar-refractivity contribution < 1.29 is 14.6 Å². The number of aromatic hydroxyl groups is 1. The number of β-amino-alcohol motifs (C(OH)–C–C–N with tert-alkyl or cyclic N) is 1. The van der Waals surface area contributed by atoms with Gasteiger partial charge in [-0.15, -0.1) is 0 Å². The highest BCUT2D eigenvalue weighted by molar-refractivity contribution is 5.52. The van der Waals surface area contributed by atoms with E-state index in [1.165, 1.54) is 22.7 Å². The van der Waals surface area contributed by atoms with Gasteiger partial charge in [-0.25, -0.2) is 9.37 Å². The average Bonchev–Trinajstić information content (AvgIpc) is 2.70. The lowest BCUT2D eigenvalue weighted by molar-refractivity contribution is 0.115. The van der Waals surface area contributed by atoms with Crippen molar-refractivity contribution in [1.82, 2.24) is 14.3 Å². The van der Waals surface area contributed by atoms with Crippen molar-refractivity contribution in [1.29, 1.82) is 0 Å². The molecule has 0 amide bonds. The van der Waals surface area contributed by atoms with Crippen LogP contribution in [0.25, 0.3) is 5.65 Å². The molecule has 0 aromatic carbocycles. The van der Waals surface area contributed by atoms with Gasteiger partial charge in [0, 0.05) is 31.9 Å². The first-order valence-corrected chi connectivity index (χ1v) is 6.29. The summed E-state index contributed by atoms with van der Waals surface area (Å²) in [7, 11) is 0. The number of rotatable bonds is 2. The first-order valence-electron chi connectivity index (χ1n) is 6.29. The fraction of sp³-hybridized carbons (Fsp3) is 0.385. The predicted molar refractivity (Wildman–Crippen MR) is 69.3 cm³/mol. The van der Waals surface area contributed by atoms with E-state index in [9.17, 15) is 19.4 Å². The van der Waals surface area contributed by atoms with E-state index >= 15 is 0 Å². The number of likely N-dealkylation sites (tertiary alicyclic amines) is 1. The molecule has 0 radical (unpaired) electrons. The van der Waals surface area contributed by atoms with Gasteiger partial charge in [-0.3, -0.25) is 14.1 Å². The molecule has 3 heterocycles. The Bertz CT molecular complexity index is 693. The van der Waals surface area contributed by atoms with Crippen LogP contribution in [-0.4, -0.2) is 49.9 Å². The van der Waals surface area contributed by atoms with Crippen molar-refractivity contribution >= 4 is 5.65 Å². The van der Waals surface area contributed by atoms with E-state index in [2.05, 4.69) is 4.98 Å². The van der Waals surface area contributed by atoms with Crippen LogP contribution < -0.4 is 5.56 Å². The minimum atomic E-state index is -1.27. The van der Waals surface area contributed by atoms with Crippen LogP contribution in [0.4, 0.5) is 4.39 Å². The summed E-state index contributed by atoms with van der Waals surface area (Å²) in [5.41, 5.74) is 0.307. The van der Waals surface area contributed by atoms with Crippen LogP contribution >= 0.6 is 0 Å². The molecule has 2 N–H and O–H groups in total. The molecule has 7 heteroatoms. The SMILES string of the molecule is O=c1cc(CN2C[C@@H](O)[C@H](F)C2)nc2c(O)cccn12. The van der Waals surface area contributed by atoms with E-state index in [0.717, 1.165) is 0 Å². The molecule has 2 atom stereocenters. The Morgan fingerprint density at radius 2 is 2.25 bits per heavy atom. The average molecular weight is 279 g/mol. The molecule has 1 aliphatic rings. The maximum Gasteiger partial charge on any atom is 0.258 e. The summed E-state index contributed by atoms with van der Waals surface area (Å²) in [5.74, 6) is -0.0868. The van der Waals surface area contributed by atoms with E-state index < -0.39 is 12.3 Å². The predicted octanol–water partition coefficient (Wildman–Crippen LogP) is -0.0853. The first-order chi connectivity index (χ1) is 9.54. The van der Waals surface area contributed by atoms with Gasteiger partial charge in [0.25, 0.3) is 5.56 Å². The number of hydrogen-bond donors (Lipinski definition) is 2. The lowest BCUT2D eigenvalue weighted by Crippen LogP contribution is -2.24. The fourth-order valence-electron chi connectivity index (χ4n) is 2.42. The minimum absolute atomic E-state index is 0.0868. The third-order valence-electron chi connectivity index (χ3n) is 3.40. The lowest BCUT2D eigenvalue weighted by atomic mass is 10.3. The van der Waals surface area contributed by atoms with E-state index in [4.69, 9.17) is 0 Å². The summed E-state index contributed by atoms with van der Waals surface area (Å²) in [5, 5.41) is 19.1. The van der Waals surface area contributed by atoms with Crippen molar-refractivity contribution in [2.75, 3.05) is 13.1 Å². The zero-order valence-corrected chi connectivity index (χ0v) is 10.6. The van der Waals surface area contributed by atoms with Crippen molar-refractivity contribution in [3.05, 3.63) is 40.4 Å². The standard InChI is InChI=1S/C13H14FN3O3/c14-9-6-16(7-11(9)19)5-8-4-12(20)17-3-1-2-10(18)13(17)15-8/h1-4,9,11,18-19H,5-7H2/t9-,11-/m1/s1. The number of aliphatic hydroxyl groups excluding tert-OH is 1. The monoisotopic (exact) mass is 279 g/mol. The Balaban J connectivity index is 1.93. The van der Waals surface area contributed by atoms with Crippen molar-refractivity contribution in [3.8, 4) is 5.75 Å². The van der Waals surface area contributed by atoms with Crippen LogP contribution in [0.1, 0.15) is 5.69 Å². The summed E-state index contributed by atoms with van der Waals surface area (Å²) in [6.45, 7) is 0.587. The van der Waals surface area contributed by atoms with Crippen molar-refractivity contribution in [3.63, 3.8) is 0 Å². The topological polar surface area (TPSA) is 78.1 Å². The second-order valence-corrected chi connectivity index (χ2v) is 4.95. The Morgan fingerprint density at radius 3 is 2.95 bits per heavy atom. The zero-order valence-electron chi connectivity index (χ0n) is 10.6. The minimum Gasteiger partial charge on any atom is -0.504 e. The molecule has 20 heavy (non-hydrogen) atoms. The molecule has 0 bridgehead atoms. The highest BCUT2D eigenvalue weighted by atomic mass is 19.1. The third-order valence-corrected chi connectivity index (χ3v) is 3.40. The number of hydrogen-bond acceptors (Lipinski definition) is 5. The third kappa shape index (κ3) is 2.25. The molecule has 3 rings (SSSR count). The zero-order chi connectivity index (χ0) is 14.3. The van der Waals surface area contributed by atoms with E-state index in [-0.39, 0.29) is 36.6 Å². The van der Waals surface area contributed by atoms with Gasteiger partial charge in [0.1, 0.15) is 6.17 Å². The van der Waals surface area contributed by atoms with Gasteiger partial charge in [-0.05, 0) is 12.1 Å². The molecule has 6 nitrogen and oxygen atoms in total. The van der Waals surface area contributed by atoms with E-state index in [0.29, 0.717) is 5.69 Å². The van der Waals surface area contributed by atoms with Crippen LogP contribution in [0.5, 0.6) is 5.75 Å². The summed E-state index contributed by atoms with van der Waals surface area (Å²) in [6, 6.07) is 4.35. The normalized spacial score (nSPS) is 23.5. The highest BCUT2D eigenvalue weighted by Crippen LogP contribution is 2.17. The van der Waals surface area contributed by atoms with Gasteiger partial charge < -0.3 is 10.2 Å². The summed E-state index contributed by atoms with van der Waals surface area (Å²) < 4.78 is 14.5. The van der Waals surface area contributed by atoms with Crippen molar-refractivity contribution in [2.24, 2.45) is 0 Å². The number of aromatic nitrogens is 2. The van der Waals surface area contributed by atoms with Gasteiger partial charge in [0.15, 0.2) is 11.4 Å². The number of fused-ring (bicyclic) bond motifs is 1. The van der Waals surface area contributed by atoms with Crippen LogP contribution in [0, 0.1) is 0 Å². The molecular formula is C13H14FN3O3. The molecule has 1 aliphatic heterocycles. The number of pyridine rings is 1. The smallest absolute Gasteiger partial charge is 0.258 e. The Morgan fingerprint density at radius 1 is 1.45 bits per heavy atom. The number of halogens is 1. The molecule has 0 unspecified atom stereocenters. The summed E-state index contributed by atoms with van der Waals surface area (Å²) in [4.78, 5) is 17.8. The Labute approximate surface area is 113 Å². The van der Waals surface area contributed by atoms with Gasteiger partial charge in [0.2, 0.25) is 0 Å². The molecular weight excluding hydrogens is 265 g/mol. The molecule has 1 fully saturated rings. The van der Waals surface area contributed by atoms with Crippen LogP contribution in [0.2, 0.25) is 0 Å². The fourth-order valence-corrected chi connectivity index (χ4v) is 2.42. The Hall–Kier alpha value is -1.99. The molecule has 2 aromatic rings. The quantitative estimate of drug-likeness (QED) is 0.803. The summed E-state index contributed by atoms with van der Waals surface area (Å²) >= 11 is 0. The molecule has 2 aromatic heterocycles.